The smallest absolute Gasteiger partial charge is 0.263 e. The van der Waals surface area contributed by atoms with Crippen LogP contribution in [0, 0.1) is 6.92 Å². The Morgan fingerprint density at radius 2 is 2.09 bits per heavy atom. The second kappa shape index (κ2) is 8.39. The summed E-state index contributed by atoms with van der Waals surface area (Å²) in [6, 6.07) is 7.91. The van der Waals surface area contributed by atoms with E-state index in [1.807, 2.05) is 49.9 Å². The van der Waals surface area contributed by atoms with E-state index in [1.165, 1.54) is 0 Å². The highest BCUT2D eigenvalue weighted by Crippen LogP contribution is 2.21. The maximum atomic E-state index is 12.6. The lowest BCUT2D eigenvalue weighted by molar-refractivity contribution is -0.142. The Morgan fingerprint density at radius 1 is 1.36 bits per heavy atom. The van der Waals surface area contributed by atoms with Gasteiger partial charge in [0.2, 0.25) is 0 Å². The van der Waals surface area contributed by atoms with Gasteiger partial charge in [-0.3, -0.25) is 4.79 Å². The number of piperidine rings is 1. The molecule has 5 heteroatoms. The molecule has 3 unspecified atom stereocenters. The zero-order chi connectivity index (χ0) is 15.4. The molecule has 1 saturated heterocycles. The molecule has 1 heterocycles. The number of ether oxygens (including phenoxy) is 1. The van der Waals surface area contributed by atoms with Gasteiger partial charge >= 0.3 is 0 Å². The second-order valence-corrected chi connectivity index (χ2v) is 6.03. The summed E-state index contributed by atoms with van der Waals surface area (Å²) >= 11 is 0. The molecule has 0 aromatic heterocycles. The van der Waals surface area contributed by atoms with Crippen LogP contribution in [0.3, 0.4) is 0 Å². The molecular formula is C17H27ClN2O2. The largest absolute Gasteiger partial charge is 0.481 e. The zero-order valence-corrected chi connectivity index (χ0v) is 14.4. The molecule has 1 aromatic rings. The third-order valence-corrected chi connectivity index (χ3v) is 4.09. The van der Waals surface area contributed by atoms with Crippen molar-refractivity contribution in [2.24, 2.45) is 5.73 Å². The fourth-order valence-electron chi connectivity index (χ4n) is 2.95. The minimum atomic E-state index is -0.480. The molecule has 0 aliphatic carbocycles. The average molecular weight is 327 g/mol. The molecule has 0 saturated carbocycles. The SMILES string of the molecule is Cc1cccc(OC(C)C(=O)N2CCCCC2C(C)N)c1.Cl. The molecule has 0 radical (unpaired) electrons. The molecule has 0 bridgehead atoms. The van der Waals surface area contributed by atoms with Crippen LogP contribution in [0.15, 0.2) is 24.3 Å². The topological polar surface area (TPSA) is 55.6 Å². The molecule has 1 aliphatic heterocycles. The lowest BCUT2D eigenvalue weighted by Crippen LogP contribution is -2.54. The number of carbonyl (C=O) groups excluding carboxylic acids is 1. The van der Waals surface area contributed by atoms with Crippen LogP contribution < -0.4 is 10.5 Å². The van der Waals surface area contributed by atoms with E-state index in [2.05, 4.69) is 0 Å². The summed E-state index contributed by atoms with van der Waals surface area (Å²) in [5.41, 5.74) is 7.16. The maximum absolute atomic E-state index is 12.6. The Morgan fingerprint density at radius 3 is 2.73 bits per heavy atom. The fraction of sp³-hybridized carbons (Fsp3) is 0.588. The number of nitrogens with zero attached hydrogens (tertiary/aromatic N) is 1. The van der Waals surface area contributed by atoms with E-state index in [0.717, 1.165) is 37.1 Å². The summed E-state index contributed by atoms with van der Waals surface area (Å²) in [4.78, 5) is 14.6. The molecule has 1 aliphatic rings. The first-order chi connectivity index (χ1) is 9.99. The highest BCUT2D eigenvalue weighted by Gasteiger charge is 2.32. The van der Waals surface area contributed by atoms with Crippen molar-refractivity contribution in [2.45, 2.75) is 58.2 Å². The minimum Gasteiger partial charge on any atom is -0.481 e. The molecule has 124 valence electrons. The first kappa shape index (κ1) is 18.8. The summed E-state index contributed by atoms with van der Waals surface area (Å²) in [6.07, 6.45) is 2.70. The Kier molecular flexibility index (Phi) is 7.17. The van der Waals surface area contributed by atoms with Crippen molar-refractivity contribution in [3.05, 3.63) is 29.8 Å². The number of nitrogens with two attached hydrogens (primary N) is 1. The maximum Gasteiger partial charge on any atom is 0.263 e. The molecule has 1 amide bonds. The second-order valence-electron chi connectivity index (χ2n) is 6.03. The van der Waals surface area contributed by atoms with Gasteiger partial charge in [0.25, 0.3) is 5.91 Å². The quantitative estimate of drug-likeness (QED) is 0.925. The van der Waals surface area contributed by atoms with Gasteiger partial charge in [0, 0.05) is 18.6 Å². The van der Waals surface area contributed by atoms with Gasteiger partial charge in [0.05, 0.1) is 0 Å². The number of rotatable bonds is 4. The summed E-state index contributed by atoms with van der Waals surface area (Å²) in [6.45, 7) is 6.59. The van der Waals surface area contributed by atoms with Crippen molar-refractivity contribution in [2.75, 3.05) is 6.54 Å². The van der Waals surface area contributed by atoms with E-state index < -0.39 is 6.10 Å². The Balaban J connectivity index is 0.00000242. The fourth-order valence-corrected chi connectivity index (χ4v) is 2.95. The number of carbonyl (C=O) groups is 1. The van der Waals surface area contributed by atoms with E-state index in [0.29, 0.717) is 0 Å². The lowest BCUT2D eigenvalue weighted by atomic mass is 9.96. The number of amides is 1. The highest BCUT2D eigenvalue weighted by molar-refractivity contribution is 5.85. The Labute approximate surface area is 139 Å². The summed E-state index contributed by atoms with van der Waals surface area (Å²) in [5, 5.41) is 0. The van der Waals surface area contributed by atoms with E-state index in [9.17, 15) is 4.79 Å². The van der Waals surface area contributed by atoms with Crippen LogP contribution in [-0.2, 0) is 4.79 Å². The summed E-state index contributed by atoms with van der Waals surface area (Å²) < 4.78 is 5.81. The van der Waals surface area contributed by atoms with E-state index in [4.69, 9.17) is 10.5 Å². The Bertz CT molecular complexity index is 493. The molecule has 2 rings (SSSR count). The molecule has 0 spiro atoms. The first-order valence-corrected chi connectivity index (χ1v) is 7.78. The first-order valence-electron chi connectivity index (χ1n) is 7.78. The predicted molar refractivity (Wildman–Crippen MR) is 91.5 cm³/mol. The highest BCUT2D eigenvalue weighted by atomic mass is 35.5. The molecule has 1 aromatic carbocycles. The van der Waals surface area contributed by atoms with E-state index in [-0.39, 0.29) is 30.4 Å². The van der Waals surface area contributed by atoms with Gasteiger partial charge < -0.3 is 15.4 Å². The van der Waals surface area contributed by atoms with Gasteiger partial charge in [-0.25, -0.2) is 0 Å². The zero-order valence-electron chi connectivity index (χ0n) is 13.6. The van der Waals surface area contributed by atoms with Gasteiger partial charge in [-0.2, -0.15) is 0 Å². The number of hydrogen-bond acceptors (Lipinski definition) is 3. The number of halogens is 1. The van der Waals surface area contributed by atoms with Crippen molar-refractivity contribution in [1.82, 2.24) is 4.90 Å². The molecular weight excluding hydrogens is 300 g/mol. The predicted octanol–water partition coefficient (Wildman–Crippen LogP) is 2.91. The van der Waals surface area contributed by atoms with Gasteiger partial charge in [-0.15, -0.1) is 12.4 Å². The normalized spacial score (nSPS) is 20.7. The van der Waals surface area contributed by atoms with Crippen molar-refractivity contribution in [3.8, 4) is 5.75 Å². The molecule has 2 N–H and O–H groups in total. The molecule has 22 heavy (non-hydrogen) atoms. The van der Waals surface area contributed by atoms with Gasteiger partial charge in [-0.05, 0) is 57.7 Å². The van der Waals surface area contributed by atoms with Crippen molar-refractivity contribution < 1.29 is 9.53 Å². The van der Waals surface area contributed by atoms with Crippen LogP contribution in [0.1, 0.15) is 38.7 Å². The van der Waals surface area contributed by atoms with E-state index in [1.54, 1.807) is 0 Å². The van der Waals surface area contributed by atoms with Gasteiger partial charge in [0.15, 0.2) is 6.10 Å². The van der Waals surface area contributed by atoms with Gasteiger partial charge in [0.1, 0.15) is 5.75 Å². The van der Waals surface area contributed by atoms with Crippen LogP contribution in [-0.4, -0.2) is 35.5 Å². The van der Waals surface area contributed by atoms with E-state index >= 15 is 0 Å². The van der Waals surface area contributed by atoms with Crippen LogP contribution in [0.4, 0.5) is 0 Å². The average Bonchev–Trinajstić information content (AvgIpc) is 2.46. The third-order valence-electron chi connectivity index (χ3n) is 4.09. The minimum absolute atomic E-state index is 0. The third kappa shape index (κ3) is 4.62. The number of hydrogen-bond donors (Lipinski definition) is 1. The molecule has 3 atom stereocenters. The van der Waals surface area contributed by atoms with Gasteiger partial charge in [-0.1, -0.05) is 12.1 Å². The van der Waals surface area contributed by atoms with Crippen LogP contribution >= 0.6 is 12.4 Å². The number of benzene rings is 1. The standard InChI is InChI=1S/C17H26N2O2.ClH/c1-12-7-6-8-15(11-12)21-14(3)17(20)19-10-5-4-9-16(19)13(2)18;/h6-8,11,13-14,16H,4-5,9-10,18H2,1-3H3;1H. The lowest BCUT2D eigenvalue weighted by Gasteiger charge is -2.39. The number of likely N-dealkylation sites (tertiary alicyclic amines) is 1. The summed E-state index contributed by atoms with van der Waals surface area (Å²) in [5.74, 6) is 0.781. The van der Waals surface area contributed by atoms with Crippen molar-refractivity contribution >= 4 is 18.3 Å². The van der Waals surface area contributed by atoms with Crippen molar-refractivity contribution in [3.63, 3.8) is 0 Å². The van der Waals surface area contributed by atoms with Crippen LogP contribution in [0.2, 0.25) is 0 Å². The van der Waals surface area contributed by atoms with Crippen LogP contribution in [0.25, 0.3) is 0 Å². The monoisotopic (exact) mass is 326 g/mol. The molecule has 1 fully saturated rings. The van der Waals surface area contributed by atoms with Crippen LogP contribution in [0.5, 0.6) is 5.75 Å². The summed E-state index contributed by atoms with van der Waals surface area (Å²) in [7, 11) is 0. The molecule has 4 nitrogen and oxygen atoms in total. The Hall–Kier alpha value is -1.26. The van der Waals surface area contributed by atoms with Crippen molar-refractivity contribution in [1.29, 1.82) is 0 Å². The number of aryl methyl sites for hydroxylation is 1.